The first-order chi connectivity index (χ1) is 9.24. The summed E-state index contributed by atoms with van der Waals surface area (Å²) in [6.07, 6.45) is 1.57. The second-order valence-electron chi connectivity index (χ2n) is 4.72. The summed E-state index contributed by atoms with van der Waals surface area (Å²) in [5.41, 5.74) is 1.26. The van der Waals surface area contributed by atoms with Crippen LogP contribution >= 0.6 is 0 Å². The first kappa shape index (κ1) is 14.0. The topological polar surface area (TPSA) is 83.3 Å². The number of carbonyl (C=O) groups excluding carboxylic acids is 1. The summed E-state index contributed by atoms with van der Waals surface area (Å²) >= 11 is 0. The van der Waals surface area contributed by atoms with Crippen LogP contribution in [0, 0.1) is 6.92 Å². The summed E-state index contributed by atoms with van der Waals surface area (Å²) in [5, 5.41) is 20.0. The Hall–Kier alpha value is -1.47. The molecular weight excluding hydrogens is 246 g/mol. The molecule has 1 aromatic heterocycles. The molecule has 1 aliphatic rings. The summed E-state index contributed by atoms with van der Waals surface area (Å²) in [4.78, 5) is 14.1. The standard InChI is InChI=1S/C12H21N5O2/c1-10-11(12(19)16-7-4-13-5-8-16)14-15-17(10)6-2-3-9-18/h13,18H,2-9H2,1H3. The van der Waals surface area contributed by atoms with E-state index in [1.54, 1.807) is 4.68 Å². The van der Waals surface area contributed by atoms with Gasteiger partial charge in [-0.05, 0) is 19.8 Å². The number of aliphatic hydroxyl groups excluding tert-OH is 1. The highest BCUT2D eigenvalue weighted by molar-refractivity contribution is 5.93. The lowest BCUT2D eigenvalue weighted by Gasteiger charge is -2.26. The van der Waals surface area contributed by atoms with Crippen molar-refractivity contribution in [3.8, 4) is 0 Å². The average Bonchev–Trinajstić information content (AvgIpc) is 2.81. The van der Waals surface area contributed by atoms with Gasteiger partial charge in [-0.25, -0.2) is 4.68 Å². The van der Waals surface area contributed by atoms with Crippen LogP contribution in [-0.2, 0) is 6.54 Å². The second-order valence-corrected chi connectivity index (χ2v) is 4.72. The Labute approximate surface area is 112 Å². The number of carbonyl (C=O) groups is 1. The minimum absolute atomic E-state index is 0.0348. The zero-order chi connectivity index (χ0) is 13.7. The summed E-state index contributed by atoms with van der Waals surface area (Å²) < 4.78 is 1.74. The smallest absolute Gasteiger partial charge is 0.276 e. The van der Waals surface area contributed by atoms with Crippen LogP contribution in [0.5, 0.6) is 0 Å². The van der Waals surface area contributed by atoms with Crippen LogP contribution < -0.4 is 5.32 Å². The number of nitrogens with one attached hydrogen (secondary N) is 1. The Balaban J connectivity index is 2.01. The van der Waals surface area contributed by atoms with Crippen LogP contribution in [0.1, 0.15) is 29.0 Å². The number of nitrogens with zero attached hydrogens (tertiary/aromatic N) is 4. The quantitative estimate of drug-likeness (QED) is 0.696. The predicted molar refractivity (Wildman–Crippen MR) is 69.9 cm³/mol. The fraction of sp³-hybridized carbons (Fsp3) is 0.750. The molecule has 2 N–H and O–H groups in total. The van der Waals surface area contributed by atoms with Crippen molar-refractivity contribution in [1.29, 1.82) is 0 Å². The molecule has 0 saturated carbocycles. The predicted octanol–water partition coefficient (Wildman–Crippen LogP) is -0.596. The van der Waals surface area contributed by atoms with Gasteiger partial charge in [0.25, 0.3) is 5.91 Å². The third-order valence-electron chi connectivity index (χ3n) is 3.37. The first-order valence-corrected chi connectivity index (χ1v) is 6.75. The molecule has 7 heteroatoms. The monoisotopic (exact) mass is 267 g/mol. The second kappa shape index (κ2) is 6.63. The minimum atomic E-state index is -0.0348. The number of hydrogen-bond donors (Lipinski definition) is 2. The van der Waals surface area contributed by atoms with E-state index in [9.17, 15) is 4.79 Å². The number of aromatic nitrogens is 3. The number of piperazine rings is 1. The van der Waals surface area contributed by atoms with Gasteiger partial charge in [0.1, 0.15) is 0 Å². The van der Waals surface area contributed by atoms with Crippen molar-refractivity contribution < 1.29 is 9.90 Å². The maximum Gasteiger partial charge on any atom is 0.276 e. The maximum atomic E-state index is 12.3. The van der Waals surface area contributed by atoms with Crippen molar-refractivity contribution >= 4 is 5.91 Å². The van der Waals surface area contributed by atoms with E-state index in [1.165, 1.54) is 0 Å². The molecular formula is C12H21N5O2. The molecule has 0 radical (unpaired) electrons. The number of rotatable bonds is 5. The maximum absolute atomic E-state index is 12.3. The highest BCUT2D eigenvalue weighted by atomic mass is 16.3. The van der Waals surface area contributed by atoms with Crippen LogP contribution in [0.4, 0.5) is 0 Å². The van der Waals surface area contributed by atoms with Crippen molar-refractivity contribution in [2.24, 2.45) is 0 Å². The molecule has 2 rings (SSSR count). The number of aryl methyl sites for hydroxylation is 1. The van der Waals surface area contributed by atoms with E-state index >= 15 is 0 Å². The molecule has 0 unspecified atom stereocenters. The van der Waals surface area contributed by atoms with Gasteiger partial charge in [-0.3, -0.25) is 4.79 Å². The van der Waals surface area contributed by atoms with Gasteiger partial charge >= 0.3 is 0 Å². The molecule has 0 aromatic carbocycles. The van der Waals surface area contributed by atoms with Crippen LogP contribution in [0.25, 0.3) is 0 Å². The lowest BCUT2D eigenvalue weighted by atomic mass is 10.2. The lowest BCUT2D eigenvalue weighted by molar-refractivity contribution is 0.0729. The molecule has 1 aromatic rings. The van der Waals surface area contributed by atoms with Crippen molar-refractivity contribution in [1.82, 2.24) is 25.2 Å². The number of aliphatic hydroxyl groups is 1. The van der Waals surface area contributed by atoms with E-state index in [0.29, 0.717) is 12.2 Å². The van der Waals surface area contributed by atoms with E-state index < -0.39 is 0 Å². The average molecular weight is 267 g/mol. The molecule has 0 bridgehead atoms. The van der Waals surface area contributed by atoms with Gasteiger partial charge in [-0.1, -0.05) is 5.21 Å². The molecule has 0 aliphatic carbocycles. The molecule has 2 heterocycles. The fourth-order valence-electron chi connectivity index (χ4n) is 2.16. The van der Waals surface area contributed by atoms with Crippen molar-refractivity contribution in [3.63, 3.8) is 0 Å². The van der Waals surface area contributed by atoms with Gasteiger partial charge in [-0.2, -0.15) is 0 Å². The van der Waals surface area contributed by atoms with Crippen LogP contribution in [0.2, 0.25) is 0 Å². The molecule has 0 spiro atoms. The number of hydrogen-bond acceptors (Lipinski definition) is 5. The van der Waals surface area contributed by atoms with Gasteiger partial charge in [0.2, 0.25) is 0 Å². The number of amides is 1. The first-order valence-electron chi connectivity index (χ1n) is 6.75. The summed E-state index contributed by atoms with van der Waals surface area (Å²) in [6.45, 7) is 5.83. The van der Waals surface area contributed by atoms with Crippen LogP contribution in [0.15, 0.2) is 0 Å². The summed E-state index contributed by atoms with van der Waals surface area (Å²) in [5.74, 6) is -0.0348. The van der Waals surface area contributed by atoms with E-state index in [2.05, 4.69) is 15.6 Å². The third-order valence-corrected chi connectivity index (χ3v) is 3.37. The highest BCUT2D eigenvalue weighted by Gasteiger charge is 2.23. The summed E-state index contributed by atoms with van der Waals surface area (Å²) in [6, 6.07) is 0. The largest absolute Gasteiger partial charge is 0.396 e. The Kier molecular flexibility index (Phi) is 4.86. The molecule has 0 atom stereocenters. The Morgan fingerprint density at radius 3 is 2.79 bits per heavy atom. The van der Waals surface area contributed by atoms with E-state index in [4.69, 9.17) is 5.11 Å². The zero-order valence-electron chi connectivity index (χ0n) is 11.3. The third kappa shape index (κ3) is 3.30. The van der Waals surface area contributed by atoms with Crippen molar-refractivity contribution in [3.05, 3.63) is 11.4 Å². The van der Waals surface area contributed by atoms with Gasteiger partial charge in [0.15, 0.2) is 5.69 Å². The molecule has 19 heavy (non-hydrogen) atoms. The van der Waals surface area contributed by atoms with Crippen LogP contribution in [-0.4, -0.2) is 63.7 Å². The molecule has 1 aliphatic heterocycles. The zero-order valence-corrected chi connectivity index (χ0v) is 11.3. The van der Waals surface area contributed by atoms with E-state index in [-0.39, 0.29) is 12.5 Å². The Morgan fingerprint density at radius 1 is 1.37 bits per heavy atom. The summed E-state index contributed by atoms with van der Waals surface area (Å²) in [7, 11) is 0. The van der Waals surface area contributed by atoms with E-state index in [1.807, 2.05) is 11.8 Å². The van der Waals surface area contributed by atoms with E-state index in [0.717, 1.165) is 44.7 Å². The minimum Gasteiger partial charge on any atom is -0.396 e. The normalized spacial score (nSPS) is 15.8. The van der Waals surface area contributed by atoms with Gasteiger partial charge in [-0.15, -0.1) is 5.10 Å². The molecule has 1 saturated heterocycles. The van der Waals surface area contributed by atoms with Crippen molar-refractivity contribution in [2.45, 2.75) is 26.3 Å². The Bertz CT molecular complexity index is 426. The SMILES string of the molecule is Cc1c(C(=O)N2CCNCC2)nnn1CCCCO. The highest BCUT2D eigenvalue weighted by Crippen LogP contribution is 2.09. The van der Waals surface area contributed by atoms with Gasteiger partial charge < -0.3 is 15.3 Å². The lowest BCUT2D eigenvalue weighted by Crippen LogP contribution is -2.46. The molecule has 1 fully saturated rings. The number of unbranched alkanes of at least 4 members (excludes halogenated alkanes) is 1. The fourth-order valence-corrected chi connectivity index (χ4v) is 2.16. The van der Waals surface area contributed by atoms with Gasteiger partial charge in [0, 0.05) is 39.3 Å². The Morgan fingerprint density at radius 2 is 2.11 bits per heavy atom. The van der Waals surface area contributed by atoms with Crippen molar-refractivity contribution in [2.75, 3.05) is 32.8 Å². The molecule has 1 amide bonds. The van der Waals surface area contributed by atoms with Crippen LogP contribution in [0.3, 0.4) is 0 Å². The van der Waals surface area contributed by atoms with Gasteiger partial charge in [0.05, 0.1) is 5.69 Å². The molecule has 106 valence electrons. The molecule has 7 nitrogen and oxygen atoms in total.